The minimum absolute atomic E-state index is 0.0952. The highest BCUT2D eigenvalue weighted by molar-refractivity contribution is 7.92. The molecule has 3 N–H and O–H groups in total. The summed E-state index contributed by atoms with van der Waals surface area (Å²) in [4.78, 5) is 10.7. The van der Waals surface area contributed by atoms with E-state index in [1.165, 1.54) is 24.3 Å². The van der Waals surface area contributed by atoms with Gasteiger partial charge in [-0.05, 0) is 36.4 Å². The van der Waals surface area contributed by atoms with Crippen molar-refractivity contribution in [2.24, 2.45) is 5.73 Å². The molecule has 0 aromatic heterocycles. The Morgan fingerprint density at radius 2 is 1.67 bits per heavy atom. The van der Waals surface area contributed by atoms with Crippen molar-refractivity contribution in [2.45, 2.75) is 4.90 Å². The van der Waals surface area contributed by atoms with Gasteiger partial charge < -0.3 is 10.5 Å². The second-order valence-electron chi connectivity index (χ2n) is 4.20. The summed E-state index contributed by atoms with van der Waals surface area (Å²) in [5.41, 5.74) is 5.43. The predicted molar refractivity (Wildman–Crippen MR) is 78.4 cm³/mol. The lowest BCUT2D eigenvalue weighted by atomic mass is 10.3. The van der Waals surface area contributed by atoms with Crippen LogP contribution in [-0.2, 0) is 14.8 Å². The van der Waals surface area contributed by atoms with Crippen LogP contribution < -0.4 is 15.2 Å². The molecule has 2 rings (SSSR count). The van der Waals surface area contributed by atoms with E-state index in [9.17, 15) is 13.2 Å². The van der Waals surface area contributed by atoms with Crippen molar-refractivity contribution < 1.29 is 17.9 Å². The summed E-state index contributed by atoms with van der Waals surface area (Å²) in [5, 5.41) is 0. The zero-order valence-corrected chi connectivity index (χ0v) is 11.8. The van der Waals surface area contributed by atoms with Crippen LogP contribution in [0.3, 0.4) is 0 Å². The molecule has 6 nitrogen and oxygen atoms in total. The number of amides is 1. The summed E-state index contributed by atoms with van der Waals surface area (Å²) in [5.74, 6) is -0.232. The van der Waals surface area contributed by atoms with Crippen molar-refractivity contribution in [3.05, 3.63) is 54.6 Å². The van der Waals surface area contributed by atoms with Crippen LogP contribution in [0.15, 0.2) is 59.5 Å². The van der Waals surface area contributed by atoms with Crippen LogP contribution in [0.25, 0.3) is 0 Å². The quantitative estimate of drug-likeness (QED) is 0.841. The number of hydrogen-bond donors (Lipinski definition) is 2. The first-order valence-corrected chi connectivity index (χ1v) is 7.55. The van der Waals surface area contributed by atoms with Gasteiger partial charge in [-0.2, -0.15) is 0 Å². The van der Waals surface area contributed by atoms with Crippen LogP contribution in [0.4, 0.5) is 5.69 Å². The van der Waals surface area contributed by atoms with Crippen LogP contribution >= 0.6 is 0 Å². The zero-order valence-electron chi connectivity index (χ0n) is 11.0. The second-order valence-corrected chi connectivity index (χ2v) is 5.88. The normalized spacial score (nSPS) is 10.9. The smallest absolute Gasteiger partial charge is 0.261 e. The lowest BCUT2D eigenvalue weighted by Gasteiger charge is -2.09. The van der Waals surface area contributed by atoms with E-state index in [2.05, 4.69) is 4.72 Å². The Hall–Kier alpha value is -2.54. The second kappa shape index (κ2) is 6.27. The first-order chi connectivity index (χ1) is 9.97. The molecule has 0 bridgehead atoms. The highest BCUT2D eigenvalue weighted by Crippen LogP contribution is 2.19. The molecule has 0 saturated heterocycles. The molecular weight excluding hydrogens is 292 g/mol. The molecule has 110 valence electrons. The van der Waals surface area contributed by atoms with Gasteiger partial charge in [-0.15, -0.1) is 0 Å². The third-order valence-electron chi connectivity index (χ3n) is 2.54. The Labute approximate surface area is 122 Å². The van der Waals surface area contributed by atoms with E-state index in [4.69, 9.17) is 10.5 Å². The number of ether oxygens (including phenoxy) is 1. The maximum Gasteiger partial charge on any atom is 0.261 e. The number of primary amides is 1. The van der Waals surface area contributed by atoms with Gasteiger partial charge in [-0.1, -0.05) is 18.2 Å². The summed E-state index contributed by atoms with van der Waals surface area (Å²) in [6.45, 7) is -0.256. The molecule has 0 aliphatic heterocycles. The standard InChI is InChI=1S/C14H14N2O4S/c15-14(17)10-20-12-6-8-13(9-7-12)21(18,19)16-11-4-2-1-3-5-11/h1-9,16H,10H2,(H2,15,17). The van der Waals surface area contributed by atoms with Crippen molar-refractivity contribution in [1.29, 1.82) is 0 Å². The molecule has 0 aliphatic rings. The Kier molecular flexibility index (Phi) is 4.44. The number of hydrogen-bond acceptors (Lipinski definition) is 4. The fraction of sp³-hybridized carbons (Fsp3) is 0.0714. The molecule has 2 aromatic rings. The van der Waals surface area contributed by atoms with Gasteiger partial charge in [0, 0.05) is 5.69 Å². The molecule has 0 heterocycles. The van der Waals surface area contributed by atoms with Crippen molar-refractivity contribution in [3.8, 4) is 5.75 Å². The van der Waals surface area contributed by atoms with Crippen LogP contribution in [0.5, 0.6) is 5.75 Å². The Morgan fingerprint density at radius 3 is 2.24 bits per heavy atom. The van der Waals surface area contributed by atoms with Crippen LogP contribution in [0, 0.1) is 0 Å². The first kappa shape index (κ1) is 14.9. The van der Waals surface area contributed by atoms with E-state index in [1.807, 2.05) is 0 Å². The van der Waals surface area contributed by atoms with Gasteiger partial charge in [0.05, 0.1) is 4.90 Å². The van der Waals surface area contributed by atoms with E-state index in [-0.39, 0.29) is 11.5 Å². The van der Waals surface area contributed by atoms with Crippen LogP contribution in [-0.4, -0.2) is 20.9 Å². The molecule has 0 atom stereocenters. The molecule has 0 fully saturated rings. The van der Waals surface area contributed by atoms with E-state index >= 15 is 0 Å². The molecule has 21 heavy (non-hydrogen) atoms. The molecule has 0 saturated carbocycles. The Morgan fingerprint density at radius 1 is 1.05 bits per heavy atom. The maximum atomic E-state index is 12.2. The number of benzene rings is 2. The third-order valence-corrected chi connectivity index (χ3v) is 3.94. The molecule has 1 amide bonds. The summed E-state index contributed by atoms with van der Waals surface area (Å²) >= 11 is 0. The Balaban J connectivity index is 2.12. The molecule has 0 aliphatic carbocycles. The number of nitrogens with one attached hydrogen (secondary N) is 1. The predicted octanol–water partition coefficient (Wildman–Crippen LogP) is 1.35. The van der Waals surface area contributed by atoms with Crippen molar-refractivity contribution >= 4 is 21.6 Å². The van der Waals surface area contributed by atoms with Gasteiger partial charge in [-0.25, -0.2) is 8.42 Å². The zero-order chi connectivity index (χ0) is 15.3. The maximum absolute atomic E-state index is 12.2. The van der Waals surface area contributed by atoms with Crippen molar-refractivity contribution in [1.82, 2.24) is 0 Å². The average Bonchev–Trinajstić information content (AvgIpc) is 2.46. The fourth-order valence-corrected chi connectivity index (χ4v) is 2.65. The topological polar surface area (TPSA) is 98.5 Å². The van der Waals surface area contributed by atoms with Crippen LogP contribution in [0.1, 0.15) is 0 Å². The van der Waals surface area contributed by atoms with Gasteiger partial charge >= 0.3 is 0 Å². The lowest BCUT2D eigenvalue weighted by molar-refractivity contribution is -0.119. The summed E-state index contributed by atoms with van der Waals surface area (Å²) in [7, 11) is -3.66. The number of rotatable bonds is 6. The van der Waals surface area contributed by atoms with Crippen molar-refractivity contribution in [2.75, 3.05) is 11.3 Å². The number of carbonyl (C=O) groups is 1. The minimum Gasteiger partial charge on any atom is -0.484 e. The highest BCUT2D eigenvalue weighted by atomic mass is 32.2. The fourth-order valence-electron chi connectivity index (χ4n) is 1.59. The van der Waals surface area contributed by atoms with Gasteiger partial charge in [0.1, 0.15) is 5.75 Å². The monoisotopic (exact) mass is 306 g/mol. The van der Waals surface area contributed by atoms with E-state index in [0.717, 1.165) is 0 Å². The number of nitrogens with two attached hydrogens (primary N) is 1. The molecule has 0 radical (unpaired) electrons. The lowest BCUT2D eigenvalue weighted by Crippen LogP contribution is -2.20. The average molecular weight is 306 g/mol. The van der Waals surface area contributed by atoms with Crippen molar-refractivity contribution in [3.63, 3.8) is 0 Å². The Bertz CT molecular complexity index is 712. The molecule has 0 spiro atoms. The molecule has 7 heteroatoms. The molecule has 2 aromatic carbocycles. The first-order valence-electron chi connectivity index (χ1n) is 6.06. The largest absolute Gasteiger partial charge is 0.484 e. The molecular formula is C14H14N2O4S. The van der Waals surface area contributed by atoms with E-state index in [1.54, 1.807) is 30.3 Å². The number of carbonyl (C=O) groups excluding carboxylic acids is 1. The van der Waals surface area contributed by atoms with Crippen LogP contribution in [0.2, 0.25) is 0 Å². The molecule has 0 unspecified atom stereocenters. The summed E-state index contributed by atoms with van der Waals surface area (Å²) in [6, 6.07) is 14.3. The number of anilines is 1. The summed E-state index contributed by atoms with van der Waals surface area (Å²) < 4.78 is 31.8. The van der Waals surface area contributed by atoms with Gasteiger partial charge in [0.25, 0.3) is 15.9 Å². The number of sulfonamides is 1. The number of para-hydroxylation sites is 1. The van der Waals surface area contributed by atoms with E-state index < -0.39 is 15.9 Å². The van der Waals surface area contributed by atoms with Gasteiger partial charge in [0.15, 0.2) is 6.61 Å². The third kappa shape index (κ3) is 4.22. The van der Waals surface area contributed by atoms with E-state index in [0.29, 0.717) is 11.4 Å². The van der Waals surface area contributed by atoms with Gasteiger partial charge in [0.2, 0.25) is 0 Å². The summed E-state index contributed by atoms with van der Waals surface area (Å²) in [6.07, 6.45) is 0. The highest BCUT2D eigenvalue weighted by Gasteiger charge is 2.14. The van der Waals surface area contributed by atoms with Gasteiger partial charge in [-0.3, -0.25) is 9.52 Å². The minimum atomic E-state index is -3.66. The SMILES string of the molecule is NC(=O)COc1ccc(S(=O)(=O)Nc2ccccc2)cc1.